The first-order chi connectivity index (χ1) is 20.4. The van der Waals surface area contributed by atoms with Gasteiger partial charge in [0.2, 0.25) is 11.8 Å². The van der Waals surface area contributed by atoms with E-state index < -0.39 is 6.04 Å². The smallest absolute Gasteiger partial charge is 0.274 e. The summed E-state index contributed by atoms with van der Waals surface area (Å²) in [4.78, 5) is 48.8. The highest BCUT2D eigenvalue weighted by Gasteiger charge is 2.39. The molecule has 1 aliphatic heterocycles. The van der Waals surface area contributed by atoms with E-state index in [1.807, 2.05) is 33.7 Å². The van der Waals surface area contributed by atoms with E-state index in [4.69, 9.17) is 0 Å². The van der Waals surface area contributed by atoms with E-state index in [1.54, 1.807) is 30.3 Å². The molecule has 2 aliphatic rings. The minimum Gasteiger partial charge on any atom is -0.343 e. The average Bonchev–Trinajstić information content (AvgIpc) is 3.66. The quantitative estimate of drug-likeness (QED) is 0.365. The van der Waals surface area contributed by atoms with Gasteiger partial charge in [-0.25, -0.2) is 9.37 Å². The number of likely N-dealkylation sites (N-methyl/N-ethyl adjacent to an activating group) is 1. The van der Waals surface area contributed by atoms with Crippen LogP contribution in [0, 0.1) is 11.7 Å². The molecule has 2 atom stereocenters. The number of aromatic nitrogens is 2. The van der Waals surface area contributed by atoms with Gasteiger partial charge in [0.15, 0.2) is 0 Å². The number of hydrogen-bond acceptors (Lipinski definition) is 5. The Balaban J connectivity index is 1.36. The second-order valence-electron chi connectivity index (χ2n) is 11.5. The van der Waals surface area contributed by atoms with Crippen LogP contribution in [0.3, 0.4) is 0 Å². The van der Waals surface area contributed by atoms with Crippen LogP contribution in [0.5, 0.6) is 0 Å². The SMILES string of the molecule is CNCC(=O)NC(C(=O)N1CCCC1CN(CCc1ccc(F)cc1)C(=O)c1cn2ccccc2n1)C1CCCCC1. The molecular weight excluding hydrogens is 535 g/mol. The Morgan fingerprint density at radius 1 is 1.05 bits per heavy atom. The number of halogens is 1. The number of carbonyl (C=O) groups excluding carboxylic acids is 3. The Morgan fingerprint density at radius 2 is 1.83 bits per heavy atom. The van der Waals surface area contributed by atoms with Crippen molar-refractivity contribution in [3.8, 4) is 0 Å². The van der Waals surface area contributed by atoms with Gasteiger partial charge in [0.1, 0.15) is 23.2 Å². The molecular formula is C32H41FN6O3. The molecule has 1 saturated heterocycles. The average molecular weight is 577 g/mol. The zero-order chi connectivity index (χ0) is 29.5. The van der Waals surface area contributed by atoms with Crippen molar-refractivity contribution in [2.45, 2.75) is 63.5 Å². The summed E-state index contributed by atoms with van der Waals surface area (Å²) in [5, 5.41) is 5.91. The van der Waals surface area contributed by atoms with E-state index in [2.05, 4.69) is 15.6 Å². The summed E-state index contributed by atoms with van der Waals surface area (Å²) < 4.78 is 15.3. The van der Waals surface area contributed by atoms with Crippen LogP contribution in [0.2, 0.25) is 0 Å². The molecule has 2 N–H and O–H groups in total. The zero-order valence-electron chi connectivity index (χ0n) is 24.3. The third-order valence-electron chi connectivity index (χ3n) is 8.59. The predicted octanol–water partition coefficient (Wildman–Crippen LogP) is 3.43. The van der Waals surface area contributed by atoms with Gasteiger partial charge in [0.25, 0.3) is 5.91 Å². The Hall–Kier alpha value is -3.79. The Kier molecular flexibility index (Phi) is 9.84. The highest BCUT2D eigenvalue weighted by atomic mass is 19.1. The predicted molar refractivity (Wildman–Crippen MR) is 158 cm³/mol. The van der Waals surface area contributed by atoms with Crippen molar-refractivity contribution >= 4 is 23.4 Å². The molecule has 9 nitrogen and oxygen atoms in total. The number of hydrogen-bond donors (Lipinski definition) is 2. The molecule has 224 valence electrons. The molecule has 0 radical (unpaired) electrons. The number of nitrogens with zero attached hydrogens (tertiary/aromatic N) is 4. The van der Waals surface area contributed by atoms with Gasteiger partial charge < -0.3 is 24.8 Å². The van der Waals surface area contributed by atoms with E-state index in [0.717, 1.165) is 50.5 Å². The largest absolute Gasteiger partial charge is 0.343 e. The van der Waals surface area contributed by atoms with Crippen LogP contribution >= 0.6 is 0 Å². The second kappa shape index (κ2) is 13.9. The van der Waals surface area contributed by atoms with Crippen molar-refractivity contribution in [3.05, 3.63) is 71.9 Å². The molecule has 2 aromatic heterocycles. The number of amides is 3. The van der Waals surface area contributed by atoms with E-state index in [9.17, 15) is 18.8 Å². The normalized spacial score (nSPS) is 18.2. The first kappa shape index (κ1) is 29.7. The van der Waals surface area contributed by atoms with Crippen LogP contribution in [0.15, 0.2) is 54.9 Å². The summed E-state index contributed by atoms with van der Waals surface area (Å²) in [7, 11) is 1.72. The Bertz CT molecular complexity index is 1340. The number of benzene rings is 1. The second-order valence-corrected chi connectivity index (χ2v) is 11.5. The Labute approximate surface area is 246 Å². The number of nitrogens with one attached hydrogen (secondary N) is 2. The van der Waals surface area contributed by atoms with E-state index in [-0.39, 0.29) is 42.0 Å². The van der Waals surface area contributed by atoms with Gasteiger partial charge in [-0.15, -0.1) is 0 Å². The molecule has 1 aliphatic carbocycles. The topological polar surface area (TPSA) is 99.0 Å². The fraction of sp³-hybridized carbons (Fsp3) is 0.500. The van der Waals surface area contributed by atoms with Gasteiger partial charge >= 0.3 is 0 Å². The molecule has 5 rings (SSSR count). The maximum absolute atomic E-state index is 14.1. The highest BCUT2D eigenvalue weighted by molar-refractivity contribution is 5.93. The number of pyridine rings is 1. The number of fused-ring (bicyclic) bond motifs is 1. The molecule has 0 spiro atoms. The third-order valence-corrected chi connectivity index (χ3v) is 8.59. The lowest BCUT2D eigenvalue weighted by Gasteiger charge is -2.36. The first-order valence-corrected chi connectivity index (χ1v) is 15.1. The van der Waals surface area contributed by atoms with Crippen LogP contribution in [0.25, 0.3) is 5.65 Å². The third kappa shape index (κ3) is 7.15. The van der Waals surface area contributed by atoms with Gasteiger partial charge in [0, 0.05) is 38.1 Å². The molecule has 1 saturated carbocycles. The minimum atomic E-state index is -0.562. The maximum Gasteiger partial charge on any atom is 0.274 e. The molecule has 2 unspecified atom stereocenters. The summed E-state index contributed by atoms with van der Waals surface area (Å²) in [6.07, 6.45) is 10.9. The summed E-state index contributed by atoms with van der Waals surface area (Å²) in [5.41, 5.74) is 1.95. The van der Waals surface area contributed by atoms with Crippen molar-refractivity contribution in [2.75, 3.05) is 33.2 Å². The molecule has 10 heteroatoms. The van der Waals surface area contributed by atoms with Crippen molar-refractivity contribution < 1.29 is 18.8 Å². The summed E-state index contributed by atoms with van der Waals surface area (Å²) in [5.74, 6) is -0.618. The summed E-state index contributed by atoms with van der Waals surface area (Å²) in [6, 6.07) is 11.2. The lowest BCUT2D eigenvalue weighted by molar-refractivity contribution is -0.139. The lowest BCUT2D eigenvalue weighted by atomic mass is 9.83. The van der Waals surface area contributed by atoms with Gasteiger partial charge in [-0.05, 0) is 74.9 Å². The number of carbonyl (C=O) groups is 3. The monoisotopic (exact) mass is 576 g/mol. The van der Waals surface area contributed by atoms with E-state index in [0.29, 0.717) is 37.4 Å². The van der Waals surface area contributed by atoms with Crippen LogP contribution in [-0.4, -0.2) is 82.2 Å². The molecule has 42 heavy (non-hydrogen) atoms. The first-order valence-electron chi connectivity index (χ1n) is 15.1. The minimum absolute atomic E-state index is 0.0486. The molecule has 3 amide bonds. The highest BCUT2D eigenvalue weighted by Crippen LogP contribution is 2.29. The standard InChI is InChI=1S/C32H41FN6O3/c1-34-20-29(40)36-30(24-8-3-2-4-9-24)32(42)39-18-7-10-26(39)21-38(19-16-23-12-14-25(33)15-13-23)31(41)27-22-37-17-6-5-11-28(37)35-27/h5-6,11-15,17,22,24,26,30,34H,2-4,7-10,16,18-21H2,1H3,(H,36,40). The Morgan fingerprint density at radius 3 is 2.57 bits per heavy atom. The van der Waals surface area contributed by atoms with Crippen LogP contribution in [-0.2, 0) is 16.0 Å². The molecule has 2 fully saturated rings. The van der Waals surface area contributed by atoms with Crippen molar-refractivity contribution in [1.29, 1.82) is 0 Å². The van der Waals surface area contributed by atoms with Crippen LogP contribution < -0.4 is 10.6 Å². The van der Waals surface area contributed by atoms with Crippen molar-refractivity contribution in [1.82, 2.24) is 29.8 Å². The van der Waals surface area contributed by atoms with Gasteiger partial charge in [-0.2, -0.15) is 0 Å². The van der Waals surface area contributed by atoms with Gasteiger partial charge in [-0.1, -0.05) is 37.5 Å². The maximum atomic E-state index is 14.1. The fourth-order valence-electron chi connectivity index (χ4n) is 6.37. The molecule has 0 bridgehead atoms. The number of likely N-dealkylation sites (tertiary alicyclic amines) is 1. The van der Waals surface area contributed by atoms with Crippen molar-refractivity contribution in [3.63, 3.8) is 0 Å². The van der Waals surface area contributed by atoms with E-state index in [1.165, 1.54) is 12.1 Å². The molecule has 3 aromatic rings. The molecule has 1 aromatic carbocycles. The zero-order valence-corrected chi connectivity index (χ0v) is 24.3. The lowest BCUT2D eigenvalue weighted by Crippen LogP contribution is -2.56. The van der Waals surface area contributed by atoms with E-state index >= 15 is 0 Å². The number of rotatable bonds is 11. The number of imidazole rings is 1. The van der Waals surface area contributed by atoms with Crippen LogP contribution in [0.1, 0.15) is 61.0 Å². The van der Waals surface area contributed by atoms with Crippen LogP contribution in [0.4, 0.5) is 4.39 Å². The van der Waals surface area contributed by atoms with Crippen molar-refractivity contribution in [2.24, 2.45) is 5.92 Å². The summed E-state index contributed by atoms with van der Waals surface area (Å²) >= 11 is 0. The van der Waals surface area contributed by atoms with Gasteiger partial charge in [0.05, 0.1) is 6.54 Å². The fourth-order valence-corrected chi connectivity index (χ4v) is 6.37. The summed E-state index contributed by atoms with van der Waals surface area (Å²) in [6.45, 7) is 1.52. The van der Waals surface area contributed by atoms with Gasteiger partial charge in [-0.3, -0.25) is 14.4 Å². The molecule has 3 heterocycles.